The van der Waals surface area contributed by atoms with Crippen LogP contribution in [0, 0.1) is 0 Å². The van der Waals surface area contributed by atoms with Gasteiger partial charge >= 0.3 is 0 Å². The summed E-state index contributed by atoms with van der Waals surface area (Å²) in [7, 11) is 0. The van der Waals surface area contributed by atoms with E-state index < -0.39 is 0 Å². The third-order valence-electron chi connectivity index (χ3n) is 2.09. The van der Waals surface area contributed by atoms with Crippen LogP contribution >= 0.6 is 0 Å². The van der Waals surface area contributed by atoms with Gasteiger partial charge in [0.15, 0.2) is 0 Å². The summed E-state index contributed by atoms with van der Waals surface area (Å²) in [4.78, 5) is 17.1. The third kappa shape index (κ3) is 1.46. The molecule has 1 heterocycles. The number of rotatable bonds is 1. The first-order valence-electron chi connectivity index (χ1n) is 4.47. The second-order valence-electron chi connectivity index (χ2n) is 3.05. The molecule has 72 valence electrons. The number of benzene rings is 1. The van der Waals surface area contributed by atoms with Gasteiger partial charge in [0, 0.05) is 6.42 Å². The number of hydrogen-bond donors (Lipinski definition) is 1. The Morgan fingerprint density at radius 3 is 2.64 bits per heavy atom. The van der Waals surface area contributed by atoms with Gasteiger partial charge < -0.3 is 5.73 Å². The lowest BCUT2D eigenvalue weighted by molar-refractivity contribution is -0.117. The van der Waals surface area contributed by atoms with E-state index in [2.05, 4.69) is 4.99 Å². The van der Waals surface area contributed by atoms with Gasteiger partial charge in [-0.2, -0.15) is 0 Å². The summed E-state index contributed by atoms with van der Waals surface area (Å²) in [6.45, 7) is 0.494. The predicted octanol–water partition coefficient (Wildman–Crippen LogP) is 0.738. The van der Waals surface area contributed by atoms with Crippen LogP contribution in [0.25, 0.3) is 0 Å². The lowest BCUT2D eigenvalue weighted by Crippen LogP contribution is -2.45. The smallest absolute Gasteiger partial charge is 0.235 e. The molecule has 0 unspecified atom stereocenters. The van der Waals surface area contributed by atoms with Crippen LogP contribution in [0.4, 0.5) is 5.69 Å². The molecule has 2 rings (SSSR count). The SMILES string of the molecule is NC1=NCCC(=O)N1c1ccccc1. The van der Waals surface area contributed by atoms with Crippen LogP contribution in [-0.2, 0) is 4.79 Å². The second-order valence-corrected chi connectivity index (χ2v) is 3.05. The van der Waals surface area contributed by atoms with E-state index in [0.29, 0.717) is 13.0 Å². The number of nitrogens with two attached hydrogens (primary N) is 1. The number of aliphatic imine (C=N–C) groups is 1. The molecule has 0 atom stereocenters. The van der Waals surface area contributed by atoms with Gasteiger partial charge in [0.25, 0.3) is 0 Å². The fourth-order valence-corrected chi connectivity index (χ4v) is 1.43. The van der Waals surface area contributed by atoms with Gasteiger partial charge in [-0.15, -0.1) is 0 Å². The van der Waals surface area contributed by atoms with Crippen LogP contribution in [0.15, 0.2) is 35.3 Å². The molecule has 4 nitrogen and oxygen atoms in total. The molecule has 0 spiro atoms. The summed E-state index contributed by atoms with van der Waals surface area (Å²) in [5.74, 6) is 0.288. The lowest BCUT2D eigenvalue weighted by atomic mass is 10.2. The van der Waals surface area contributed by atoms with Crippen molar-refractivity contribution in [3.63, 3.8) is 0 Å². The van der Waals surface area contributed by atoms with Gasteiger partial charge in [-0.3, -0.25) is 14.7 Å². The molecule has 0 bridgehead atoms. The van der Waals surface area contributed by atoms with E-state index >= 15 is 0 Å². The highest BCUT2D eigenvalue weighted by atomic mass is 16.2. The molecule has 1 aliphatic heterocycles. The summed E-state index contributed by atoms with van der Waals surface area (Å²) < 4.78 is 0. The van der Waals surface area contributed by atoms with Gasteiger partial charge in [0.05, 0.1) is 12.2 Å². The van der Waals surface area contributed by atoms with E-state index in [1.165, 1.54) is 4.90 Å². The minimum atomic E-state index is 0.00343. The molecule has 0 saturated heterocycles. The number of para-hydroxylation sites is 1. The van der Waals surface area contributed by atoms with E-state index in [4.69, 9.17) is 5.73 Å². The third-order valence-corrected chi connectivity index (χ3v) is 2.09. The van der Waals surface area contributed by atoms with Crippen LogP contribution in [-0.4, -0.2) is 18.4 Å². The van der Waals surface area contributed by atoms with Crippen molar-refractivity contribution in [1.82, 2.24) is 0 Å². The largest absolute Gasteiger partial charge is 0.369 e. The van der Waals surface area contributed by atoms with Gasteiger partial charge in [-0.1, -0.05) is 18.2 Å². The molecule has 0 fully saturated rings. The van der Waals surface area contributed by atoms with Gasteiger partial charge in [-0.05, 0) is 12.1 Å². The number of carbonyl (C=O) groups is 1. The van der Waals surface area contributed by atoms with Crippen molar-refractivity contribution in [3.8, 4) is 0 Å². The molecule has 1 amide bonds. The van der Waals surface area contributed by atoms with Crippen molar-refractivity contribution < 1.29 is 4.79 Å². The zero-order valence-electron chi connectivity index (χ0n) is 7.68. The quantitative estimate of drug-likeness (QED) is 0.708. The number of carbonyl (C=O) groups excluding carboxylic acids is 1. The van der Waals surface area contributed by atoms with Crippen LogP contribution in [0.3, 0.4) is 0 Å². The topological polar surface area (TPSA) is 58.7 Å². The maximum absolute atomic E-state index is 11.6. The van der Waals surface area contributed by atoms with Crippen molar-refractivity contribution in [2.24, 2.45) is 10.7 Å². The molecule has 1 aliphatic rings. The Morgan fingerprint density at radius 2 is 2.00 bits per heavy atom. The van der Waals surface area contributed by atoms with E-state index in [-0.39, 0.29) is 11.9 Å². The maximum atomic E-state index is 11.6. The molecule has 0 saturated carbocycles. The van der Waals surface area contributed by atoms with Crippen LogP contribution in [0.2, 0.25) is 0 Å². The maximum Gasteiger partial charge on any atom is 0.235 e. The number of anilines is 1. The molecule has 1 aromatic carbocycles. The summed E-state index contributed by atoms with van der Waals surface area (Å²) in [5, 5.41) is 0. The van der Waals surface area contributed by atoms with E-state index in [0.717, 1.165) is 5.69 Å². The number of nitrogens with zero attached hydrogens (tertiary/aromatic N) is 2. The Kier molecular flexibility index (Phi) is 2.18. The van der Waals surface area contributed by atoms with Crippen molar-refractivity contribution >= 4 is 17.6 Å². The van der Waals surface area contributed by atoms with Crippen LogP contribution in [0.1, 0.15) is 6.42 Å². The minimum Gasteiger partial charge on any atom is -0.369 e. The van der Waals surface area contributed by atoms with Crippen molar-refractivity contribution in [2.45, 2.75) is 6.42 Å². The minimum absolute atomic E-state index is 0.00343. The summed E-state index contributed by atoms with van der Waals surface area (Å²) >= 11 is 0. The Bertz CT molecular complexity index is 372. The fourth-order valence-electron chi connectivity index (χ4n) is 1.43. The standard InChI is InChI=1S/C10H11N3O/c11-10-12-7-6-9(14)13(10)8-4-2-1-3-5-8/h1-5H,6-7H2,(H2,11,12). The van der Waals surface area contributed by atoms with E-state index in [1.54, 1.807) is 0 Å². The van der Waals surface area contributed by atoms with Crippen molar-refractivity contribution in [2.75, 3.05) is 11.4 Å². The normalized spacial score (nSPS) is 16.7. The first-order chi connectivity index (χ1) is 6.79. The summed E-state index contributed by atoms with van der Waals surface area (Å²) in [6, 6.07) is 9.30. The highest BCUT2D eigenvalue weighted by molar-refractivity contribution is 6.16. The van der Waals surface area contributed by atoms with Gasteiger partial charge in [0.1, 0.15) is 0 Å². The monoisotopic (exact) mass is 189 g/mol. The molecule has 0 radical (unpaired) electrons. The molecule has 0 aliphatic carbocycles. The van der Waals surface area contributed by atoms with Crippen LogP contribution < -0.4 is 10.6 Å². The molecule has 14 heavy (non-hydrogen) atoms. The Labute approximate surface area is 82.0 Å². The average molecular weight is 189 g/mol. The summed E-state index contributed by atoms with van der Waals surface area (Å²) in [6.07, 6.45) is 0.426. The lowest BCUT2D eigenvalue weighted by Gasteiger charge is -2.24. The summed E-state index contributed by atoms with van der Waals surface area (Å²) in [5.41, 5.74) is 6.43. The fraction of sp³-hybridized carbons (Fsp3) is 0.200. The Balaban J connectivity index is 2.37. The van der Waals surface area contributed by atoms with Crippen molar-refractivity contribution in [1.29, 1.82) is 0 Å². The first-order valence-corrected chi connectivity index (χ1v) is 4.47. The average Bonchev–Trinajstić information content (AvgIpc) is 2.19. The zero-order valence-corrected chi connectivity index (χ0v) is 7.68. The second kappa shape index (κ2) is 3.49. The van der Waals surface area contributed by atoms with Gasteiger partial charge in [-0.25, -0.2) is 0 Å². The van der Waals surface area contributed by atoms with Crippen molar-refractivity contribution in [3.05, 3.63) is 30.3 Å². The first kappa shape index (κ1) is 8.74. The molecule has 0 aromatic heterocycles. The zero-order chi connectivity index (χ0) is 9.97. The molecule has 2 N–H and O–H groups in total. The highest BCUT2D eigenvalue weighted by Gasteiger charge is 2.22. The molecular formula is C10H11N3O. The Hall–Kier alpha value is -1.84. The highest BCUT2D eigenvalue weighted by Crippen LogP contribution is 2.16. The molecular weight excluding hydrogens is 178 g/mol. The van der Waals surface area contributed by atoms with E-state index in [1.807, 2.05) is 30.3 Å². The molecule has 1 aromatic rings. The predicted molar refractivity (Wildman–Crippen MR) is 55.0 cm³/mol. The number of hydrogen-bond acceptors (Lipinski definition) is 3. The number of amides is 1. The van der Waals surface area contributed by atoms with Crippen LogP contribution in [0.5, 0.6) is 0 Å². The van der Waals surface area contributed by atoms with Gasteiger partial charge in [0.2, 0.25) is 11.9 Å². The number of guanidine groups is 1. The Morgan fingerprint density at radius 1 is 1.29 bits per heavy atom. The molecule has 4 heteroatoms. The van der Waals surface area contributed by atoms with E-state index in [9.17, 15) is 4.79 Å².